The minimum atomic E-state index is -0.351. The number of amides is 1. The highest BCUT2D eigenvalue weighted by molar-refractivity contribution is 9.10. The second-order valence-electron chi connectivity index (χ2n) is 3.31. The number of nitrogens with zero attached hydrogens (tertiary/aromatic N) is 1. The van der Waals surface area contributed by atoms with Crippen LogP contribution in [0, 0.1) is 0 Å². The van der Waals surface area contributed by atoms with Gasteiger partial charge in [0.15, 0.2) is 6.73 Å². The lowest BCUT2D eigenvalue weighted by molar-refractivity contribution is -0.148. The minimum absolute atomic E-state index is 0.0150. The molecule has 0 radical (unpaired) electrons. The van der Waals surface area contributed by atoms with Crippen molar-refractivity contribution in [2.24, 2.45) is 0 Å². The van der Waals surface area contributed by atoms with Gasteiger partial charge in [-0.15, -0.1) is 0 Å². The summed E-state index contributed by atoms with van der Waals surface area (Å²) in [4.78, 5) is 22.8. The molecule has 0 unspecified atom stereocenters. The molecule has 0 aliphatic carbocycles. The number of hydrogen-bond donors (Lipinski definition) is 0. The molecule has 1 rings (SSSR count). The van der Waals surface area contributed by atoms with Crippen molar-refractivity contribution in [3.8, 4) is 0 Å². The summed E-state index contributed by atoms with van der Waals surface area (Å²) in [7, 11) is 1.54. The van der Waals surface area contributed by atoms with Crippen LogP contribution in [-0.2, 0) is 20.7 Å². The van der Waals surface area contributed by atoms with Crippen molar-refractivity contribution in [1.29, 1.82) is 0 Å². The van der Waals surface area contributed by atoms with Crippen LogP contribution in [0.3, 0.4) is 0 Å². The van der Waals surface area contributed by atoms with Gasteiger partial charge in [0.05, 0.1) is 6.42 Å². The van der Waals surface area contributed by atoms with Crippen LogP contribution >= 0.6 is 15.9 Å². The smallest absolute Gasteiger partial charge is 0.311 e. The Hall–Kier alpha value is -1.36. The van der Waals surface area contributed by atoms with E-state index < -0.39 is 0 Å². The lowest BCUT2D eigenvalue weighted by Crippen LogP contribution is -2.23. The Balaban J connectivity index is 2.39. The second-order valence-corrected chi connectivity index (χ2v) is 4.23. The Kier molecular flexibility index (Phi) is 4.98. The zero-order valence-corrected chi connectivity index (χ0v) is 10.4. The molecule has 16 heavy (non-hydrogen) atoms. The van der Waals surface area contributed by atoms with Gasteiger partial charge in [-0.3, -0.25) is 9.59 Å². The average Bonchev–Trinajstić information content (AvgIpc) is 2.29. The van der Waals surface area contributed by atoms with Crippen molar-refractivity contribution in [3.63, 3.8) is 0 Å². The van der Waals surface area contributed by atoms with E-state index in [4.69, 9.17) is 4.74 Å². The summed E-state index contributed by atoms with van der Waals surface area (Å²) in [5.74, 6) is -0.351. The van der Waals surface area contributed by atoms with Crippen LogP contribution < -0.4 is 0 Å². The Labute approximate surface area is 102 Å². The summed E-state index contributed by atoms with van der Waals surface area (Å²) in [6, 6.07) is 7.41. The maximum Gasteiger partial charge on any atom is 0.311 e. The predicted octanol–water partition coefficient (Wildman–Crippen LogP) is 1.58. The van der Waals surface area contributed by atoms with Crippen molar-refractivity contribution >= 4 is 28.3 Å². The summed E-state index contributed by atoms with van der Waals surface area (Å²) in [6.07, 6.45) is 0.812. The Morgan fingerprint density at radius 2 is 2.06 bits per heavy atom. The Morgan fingerprint density at radius 3 is 2.62 bits per heavy atom. The lowest BCUT2D eigenvalue weighted by Gasteiger charge is -2.10. The molecular weight excluding hydrogens is 274 g/mol. The van der Waals surface area contributed by atoms with E-state index in [-0.39, 0.29) is 19.1 Å². The predicted molar refractivity (Wildman–Crippen MR) is 62.6 cm³/mol. The molecule has 0 fully saturated rings. The molecular formula is C11H12BrNO3. The molecule has 1 aromatic rings. The minimum Gasteiger partial charge on any atom is -0.444 e. The maximum atomic E-state index is 11.3. The number of benzene rings is 1. The summed E-state index contributed by atoms with van der Waals surface area (Å²) < 4.78 is 5.84. The molecule has 0 bridgehead atoms. The first-order chi connectivity index (χ1) is 7.61. The molecule has 0 aliphatic rings. The second kappa shape index (κ2) is 6.27. The van der Waals surface area contributed by atoms with Crippen LogP contribution in [0.4, 0.5) is 0 Å². The van der Waals surface area contributed by atoms with Crippen LogP contribution in [0.2, 0.25) is 0 Å². The molecule has 0 aromatic heterocycles. The van der Waals surface area contributed by atoms with Gasteiger partial charge in [-0.2, -0.15) is 0 Å². The quantitative estimate of drug-likeness (QED) is 0.469. The number of carbonyl (C=O) groups is 2. The van der Waals surface area contributed by atoms with Crippen molar-refractivity contribution in [2.45, 2.75) is 6.42 Å². The summed E-state index contributed by atoms with van der Waals surface area (Å²) in [6.45, 7) is -0.0150. The van der Waals surface area contributed by atoms with Crippen LogP contribution in [-0.4, -0.2) is 31.1 Å². The van der Waals surface area contributed by atoms with Gasteiger partial charge < -0.3 is 9.64 Å². The molecule has 0 N–H and O–H groups in total. The molecule has 0 aliphatic heterocycles. The van der Waals surface area contributed by atoms with Gasteiger partial charge in [0.2, 0.25) is 6.41 Å². The number of rotatable bonds is 5. The largest absolute Gasteiger partial charge is 0.444 e. The fraction of sp³-hybridized carbons (Fsp3) is 0.273. The Bertz CT molecular complexity index is 364. The van der Waals surface area contributed by atoms with E-state index in [9.17, 15) is 9.59 Å². The van der Waals surface area contributed by atoms with Gasteiger partial charge in [0.1, 0.15) is 0 Å². The molecule has 86 valence electrons. The molecule has 4 nitrogen and oxygen atoms in total. The maximum absolute atomic E-state index is 11.3. The fourth-order valence-electron chi connectivity index (χ4n) is 1.02. The number of ether oxygens (including phenoxy) is 1. The topological polar surface area (TPSA) is 46.6 Å². The molecule has 0 saturated carbocycles. The van der Waals surface area contributed by atoms with Gasteiger partial charge in [-0.1, -0.05) is 28.1 Å². The molecule has 0 saturated heterocycles. The van der Waals surface area contributed by atoms with E-state index >= 15 is 0 Å². The SMILES string of the molecule is CN(C=O)COC(=O)Cc1ccc(Br)cc1. The van der Waals surface area contributed by atoms with Gasteiger partial charge in [-0.05, 0) is 17.7 Å². The third-order valence-corrected chi connectivity index (χ3v) is 2.40. The molecule has 5 heteroatoms. The van der Waals surface area contributed by atoms with Crippen LogP contribution in [0.15, 0.2) is 28.7 Å². The zero-order valence-electron chi connectivity index (χ0n) is 8.85. The first-order valence-corrected chi connectivity index (χ1v) is 5.46. The normalized spacial score (nSPS) is 9.62. The highest BCUT2D eigenvalue weighted by atomic mass is 79.9. The molecule has 0 atom stereocenters. The van der Waals surface area contributed by atoms with Gasteiger partial charge in [0, 0.05) is 11.5 Å². The van der Waals surface area contributed by atoms with E-state index in [2.05, 4.69) is 15.9 Å². The van der Waals surface area contributed by atoms with Crippen LogP contribution in [0.1, 0.15) is 5.56 Å². The summed E-state index contributed by atoms with van der Waals surface area (Å²) in [5.41, 5.74) is 0.877. The van der Waals surface area contributed by atoms with Gasteiger partial charge in [-0.25, -0.2) is 0 Å². The third kappa shape index (κ3) is 4.44. The fourth-order valence-corrected chi connectivity index (χ4v) is 1.29. The highest BCUT2D eigenvalue weighted by Gasteiger charge is 2.05. The van der Waals surface area contributed by atoms with Crippen molar-refractivity contribution < 1.29 is 14.3 Å². The van der Waals surface area contributed by atoms with E-state index in [0.29, 0.717) is 6.41 Å². The van der Waals surface area contributed by atoms with Gasteiger partial charge in [0.25, 0.3) is 0 Å². The van der Waals surface area contributed by atoms with E-state index in [1.807, 2.05) is 24.3 Å². The summed E-state index contributed by atoms with van der Waals surface area (Å²) in [5, 5.41) is 0. The van der Waals surface area contributed by atoms with E-state index in [0.717, 1.165) is 10.0 Å². The van der Waals surface area contributed by atoms with Gasteiger partial charge >= 0.3 is 5.97 Å². The van der Waals surface area contributed by atoms with Crippen LogP contribution in [0.5, 0.6) is 0 Å². The number of esters is 1. The number of hydrogen-bond acceptors (Lipinski definition) is 3. The Morgan fingerprint density at radius 1 is 1.44 bits per heavy atom. The lowest BCUT2D eigenvalue weighted by atomic mass is 10.2. The van der Waals surface area contributed by atoms with Crippen LogP contribution in [0.25, 0.3) is 0 Å². The first kappa shape index (κ1) is 12.7. The van der Waals surface area contributed by atoms with E-state index in [1.165, 1.54) is 4.90 Å². The number of carbonyl (C=O) groups excluding carboxylic acids is 2. The zero-order chi connectivity index (χ0) is 12.0. The molecule has 0 spiro atoms. The highest BCUT2D eigenvalue weighted by Crippen LogP contribution is 2.11. The standard InChI is InChI=1S/C11H12BrNO3/c1-13(7-14)8-16-11(15)6-9-2-4-10(12)5-3-9/h2-5,7H,6,8H2,1H3. The number of halogens is 1. The average molecular weight is 286 g/mol. The molecule has 1 aromatic carbocycles. The van der Waals surface area contributed by atoms with Crippen molar-refractivity contribution in [3.05, 3.63) is 34.3 Å². The van der Waals surface area contributed by atoms with E-state index in [1.54, 1.807) is 7.05 Å². The first-order valence-electron chi connectivity index (χ1n) is 4.67. The molecule has 0 heterocycles. The molecule has 1 amide bonds. The van der Waals surface area contributed by atoms with Crippen molar-refractivity contribution in [2.75, 3.05) is 13.8 Å². The van der Waals surface area contributed by atoms with Crippen molar-refractivity contribution in [1.82, 2.24) is 4.90 Å². The monoisotopic (exact) mass is 285 g/mol. The summed E-state index contributed by atoms with van der Waals surface area (Å²) >= 11 is 3.31. The third-order valence-electron chi connectivity index (χ3n) is 1.87.